The molecule has 0 aliphatic carbocycles. The molecular weight excluding hydrogens is 889 g/mol. The lowest BCUT2D eigenvalue weighted by Crippen LogP contribution is -2.30. The fourth-order valence-corrected chi connectivity index (χ4v) is 7.09. The van der Waals surface area contributed by atoms with Gasteiger partial charge in [-0.25, -0.2) is 0 Å². The highest BCUT2D eigenvalue weighted by Crippen LogP contribution is 2.12. The molecule has 0 heterocycles. The molecule has 0 rings (SSSR count). The van der Waals surface area contributed by atoms with Crippen LogP contribution in [0.5, 0.6) is 0 Å². The van der Waals surface area contributed by atoms with Gasteiger partial charge in [-0.15, -0.1) is 0 Å². The van der Waals surface area contributed by atoms with Crippen molar-refractivity contribution in [1.29, 1.82) is 0 Å². The number of esters is 3. The number of unbranched alkanes of at least 4 members (excludes halogenated alkanes) is 12. The van der Waals surface area contributed by atoms with Gasteiger partial charge in [-0.05, 0) is 116 Å². The van der Waals surface area contributed by atoms with Crippen LogP contribution in [-0.2, 0) is 28.6 Å². The van der Waals surface area contributed by atoms with Gasteiger partial charge in [-0.2, -0.15) is 0 Å². The summed E-state index contributed by atoms with van der Waals surface area (Å²) < 4.78 is 16.6. The van der Waals surface area contributed by atoms with Crippen molar-refractivity contribution in [2.45, 2.75) is 226 Å². The van der Waals surface area contributed by atoms with E-state index < -0.39 is 12.1 Å². The molecule has 0 aromatic carbocycles. The molecule has 0 aliphatic rings. The summed E-state index contributed by atoms with van der Waals surface area (Å²) in [5, 5.41) is 0. The molecule has 0 saturated heterocycles. The molecule has 0 aromatic rings. The Balaban J connectivity index is 4.29. The minimum atomic E-state index is -0.827. The Morgan fingerprint density at radius 1 is 0.292 bits per heavy atom. The molecule has 0 radical (unpaired) electrons. The quantitative estimate of drug-likeness (QED) is 0.0262. The van der Waals surface area contributed by atoms with Gasteiger partial charge < -0.3 is 14.2 Å². The fourth-order valence-electron chi connectivity index (χ4n) is 7.09. The summed E-state index contributed by atoms with van der Waals surface area (Å²) >= 11 is 0. The van der Waals surface area contributed by atoms with Gasteiger partial charge in [-0.1, -0.05) is 243 Å². The van der Waals surface area contributed by atoms with Crippen LogP contribution in [0.3, 0.4) is 0 Å². The van der Waals surface area contributed by atoms with Crippen LogP contribution in [0.25, 0.3) is 0 Å². The molecule has 0 spiro atoms. The number of carbonyl (C=O) groups is 3. The topological polar surface area (TPSA) is 78.9 Å². The summed E-state index contributed by atoms with van der Waals surface area (Å²) in [6.07, 6.45) is 85.6. The summed E-state index contributed by atoms with van der Waals surface area (Å²) in [6.45, 7) is 6.25. The van der Waals surface area contributed by atoms with Crippen LogP contribution >= 0.6 is 0 Å². The van der Waals surface area contributed by atoms with Gasteiger partial charge in [0.15, 0.2) is 6.10 Å². The number of hydrogen-bond acceptors (Lipinski definition) is 6. The molecule has 0 N–H and O–H groups in total. The lowest BCUT2D eigenvalue weighted by molar-refractivity contribution is -0.166. The van der Waals surface area contributed by atoms with Crippen LogP contribution in [0, 0.1) is 0 Å². The number of ether oxygens (including phenoxy) is 3. The van der Waals surface area contributed by atoms with Crippen molar-refractivity contribution >= 4 is 17.9 Å². The maximum atomic E-state index is 12.8. The smallest absolute Gasteiger partial charge is 0.306 e. The van der Waals surface area contributed by atoms with Crippen LogP contribution < -0.4 is 0 Å². The third-order valence-corrected chi connectivity index (χ3v) is 11.3. The number of allylic oxidation sites excluding steroid dienone is 26. The molecule has 402 valence electrons. The van der Waals surface area contributed by atoms with E-state index in [0.717, 1.165) is 135 Å². The summed E-state index contributed by atoms with van der Waals surface area (Å²) in [4.78, 5) is 37.8. The van der Waals surface area contributed by atoms with E-state index in [4.69, 9.17) is 14.2 Å². The second-order valence-corrected chi connectivity index (χ2v) is 18.1. The molecule has 0 aromatic heterocycles. The van der Waals surface area contributed by atoms with E-state index in [1.54, 1.807) is 0 Å². The standard InChI is InChI=1S/C66H102O6/c1-4-7-10-13-16-18-20-22-24-26-28-29-30-31-32-33-34-35-36-37-39-40-42-44-46-48-50-53-56-59-65(68)71-62-63(61-70-64(67)58-55-52-15-12-9-6-3)72-66(69)60-57-54-51-49-47-45-43-41-38-27-25-23-21-19-17-14-11-8-5-2/h7-8,10-11,16-19,22-25,28-29,31-32,34-35,37-39,41,45,47,51,54,63H,4-6,9,12-15,20-21,26-27,30,33,36,40,42-44,46,48-50,52-53,55-62H2,1-3H3/b10-7-,11-8-,18-16-,19-17-,24-22-,25-23-,29-28-,32-31-,35-34-,39-37-,41-38-,47-45-,54-51-. The van der Waals surface area contributed by atoms with E-state index >= 15 is 0 Å². The van der Waals surface area contributed by atoms with E-state index in [2.05, 4.69) is 167 Å². The number of carbonyl (C=O) groups excluding carboxylic acids is 3. The van der Waals surface area contributed by atoms with Crippen molar-refractivity contribution in [3.8, 4) is 0 Å². The molecule has 72 heavy (non-hydrogen) atoms. The third-order valence-electron chi connectivity index (χ3n) is 11.3. The zero-order valence-electron chi connectivity index (χ0n) is 45.9. The minimum Gasteiger partial charge on any atom is -0.462 e. The van der Waals surface area contributed by atoms with Crippen LogP contribution in [-0.4, -0.2) is 37.2 Å². The molecule has 0 bridgehead atoms. The molecule has 0 fully saturated rings. The van der Waals surface area contributed by atoms with Gasteiger partial charge in [0.25, 0.3) is 0 Å². The van der Waals surface area contributed by atoms with Crippen LogP contribution in [0.4, 0.5) is 0 Å². The van der Waals surface area contributed by atoms with E-state index in [-0.39, 0.29) is 31.6 Å². The van der Waals surface area contributed by atoms with Gasteiger partial charge in [0.2, 0.25) is 0 Å². The van der Waals surface area contributed by atoms with Crippen LogP contribution in [0.1, 0.15) is 220 Å². The monoisotopic (exact) mass is 991 g/mol. The van der Waals surface area contributed by atoms with Crippen molar-refractivity contribution in [1.82, 2.24) is 0 Å². The second-order valence-electron chi connectivity index (χ2n) is 18.1. The Morgan fingerprint density at radius 3 is 0.903 bits per heavy atom. The zero-order chi connectivity index (χ0) is 52.2. The van der Waals surface area contributed by atoms with Crippen LogP contribution in [0.2, 0.25) is 0 Å². The van der Waals surface area contributed by atoms with Crippen molar-refractivity contribution in [3.05, 3.63) is 158 Å². The molecule has 1 atom stereocenters. The van der Waals surface area contributed by atoms with Gasteiger partial charge in [0.05, 0.1) is 0 Å². The molecule has 1 unspecified atom stereocenters. The summed E-state index contributed by atoms with van der Waals surface area (Å²) in [7, 11) is 0. The highest BCUT2D eigenvalue weighted by Gasteiger charge is 2.19. The SMILES string of the molecule is CC/C=C\C/C=C\C/C=C\C/C=C\C/C=C\C/C=C\C/C=C\CCCCCCCCCC(=O)OCC(COC(=O)CCCCCCCC)OC(=O)CC/C=C\C/C=C\C/C=C\C/C=C\C/C=C\C/C=C\CC. The lowest BCUT2D eigenvalue weighted by atomic mass is 10.1. The van der Waals surface area contributed by atoms with E-state index in [9.17, 15) is 14.4 Å². The minimum absolute atomic E-state index is 0.118. The fraction of sp³-hybridized carbons (Fsp3) is 0.561. The highest BCUT2D eigenvalue weighted by atomic mass is 16.6. The second kappa shape index (κ2) is 58.6. The average molecular weight is 992 g/mol. The first-order valence-corrected chi connectivity index (χ1v) is 28.5. The third kappa shape index (κ3) is 56.0. The number of rotatable bonds is 49. The molecule has 6 heteroatoms. The molecule has 6 nitrogen and oxygen atoms in total. The van der Waals surface area contributed by atoms with Crippen molar-refractivity contribution in [2.75, 3.05) is 13.2 Å². The Kier molecular flexibility index (Phi) is 54.6. The molecular formula is C66H102O6. The Morgan fingerprint density at radius 2 is 0.569 bits per heavy atom. The predicted octanol–water partition coefficient (Wildman–Crippen LogP) is 19.4. The predicted molar refractivity (Wildman–Crippen MR) is 311 cm³/mol. The van der Waals surface area contributed by atoms with Gasteiger partial charge in [0, 0.05) is 19.3 Å². The van der Waals surface area contributed by atoms with Gasteiger partial charge >= 0.3 is 17.9 Å². The Bertz CT molecular complexity index is 1660. The van der Waals surface area contributed by atoms with Crippen LogP contribution in [0.15, 0.2) is 158 Å². The van der Waals surface area contributed by atoms with Crippen molar-refractivity contribution in [3.63, 3.8) is 0 Å². The number of hydrogen-bond donors (Lipinski definition) is 0. The zero-order valence-corrected chi connectivity index (χ0v) is 45.9. The van der Waals surface area contributed by atoms with Gasteiger partial charge in [-0.3, -0.25) is 14.4 Å². The Labute approximate surface area is 441 Å². The maximum Gasteiger partial charge on any atom is 0.306 e. The normalized spacial score (nSPS) is 13.3. The summed E-state index contributed by atoms with van der Waals surface area (Å²) in [5.74, 6) is -1.04. The summed E-state index contributed by atoms with van der Waals surface area (Å²) in [6, 6.07) is 0. The first-order valence-electron chi connectivity index (χ1n) is 28.5. The van der Waals surface area contributed by atoms with Crippen molar-refractivity contribution < 1.29 is 28.6 Å². The van der Waals surface area contributed by atoms with E-state index in [0.29, 0.717) is 19.3 Å². The van der Waals surface area contributed by atoms with Gasteiger partial charge in [0.1, 0.15) is 13.2 Å². The van der Waals surface area contributed by atoms with Crippen molar-refractivity contribution in [2.24, 2.45) is 0 Å². The highest BCUT2D eigenvalue weighted by molar-refractivity contribution is 5.71. The van der Waals surface area contributed by atoms with E-state index in [1.807, 2.05) is 12.2 Å². The molecule has 0 amide bonds. The van der Waals surface area contributed by atoms with E-state index in [1.165, 1.54) is 38.5 Å². The summed E-state index contributed by atoms with van der Waals surface area (Å²) in [5.41, 5.74) is 0. The first kappa shape index (κ1) is 67.0. The lowest BCUT2D eigenvalue weighted by Gasteiger charge is -2.18. The molecule has 0 saturated carbocycles. The molecule has 0 aliphatic heterocycles. The first-order chi connectivity index (χ1) is 35.5. The Hall–Kier alpha value is -4.97. The largest absolute Gasteiger partial charge is 0.462 e. The maximum absolute atomic E-state index is 12.8. The average Bonchev–Trinajstić information content (AvgIpc) is 3.38.